The summed E-state index contributed by atoms with van der Waals surface area (Å²) in [4.78, 5) is 23.4. The van der Waals surface area contributed by atoms with Crippen molar-refractivity contribution < 1.29 is 9.59 Å². The van der Waals surface area contributed by atoms with E-state index in [0.29, 0.717) is 12.1 Å². The third-order valence-corrected chi connectivity index (χ3v) is 3.27. The lowest BCUT2D eigenvalue weighted by Crippen LogP contribution is -2.26. The van der Waals surface area contributed by atoms with Gasteiger partial charge in [0.15, 0.2) is 5.78 Å². The molecule has 1 amide bonds. The van der Waals surface area contributed by atoms with Crippen LogP contribution < -0.4 is 5.32 Å². The topological polar surface area (TPSA) is 46.2 Å². The number of hydrogen-bond donors (Lipinski definition) is 1. The first-order chi connectivity index (χ1) is 9.74. The van der Waals surface area contributed by atoms with Crippen molar-refractivity contribution in [2.24, 2.45) is 0 Å². The van der Waals surface area contributed by atoms with Crippen molar-refractivity contribution in [2.75, 3.05) is 6.54 Å². The number of hydrogen-bond acceptors (Lipinski definition) is 2. The number of amides is 1. The maximum Gasteiger partial charge on any atom is 0.227 e. The first kappa shape index (κ1) is 16.4. The van der Waals surface area contributed by atoms with Gasteiger partial charge in [0.05, 0.1) is 6.42 Å². The van der Waals surface area contributed by atoms with E-state index in [1.165, 1.54) is 25.7 Å². The summed E-state index contributed by atoms with van der Waals surface area (Å²) in [7, 11) is 0. The highest BCUT2D eigenvalue weighted by molar-refractivity contribution is 6.07. The largest absolute Gasteiger partial charge is 0.356 e. The van der Waals surface area contributed by atoms with E-state index in [4.69, 9.17) is 0 Å². The molecule has 1 aromatic carbocycles. The van der Waals surface area contributed by atoms with E-state index in [0.717, 1.165) is 12.8 Å². The number of carbonyl (C=O) groups is 2. The molecule has 1 N–H and O–H groups in total. The number of ketones is 1. The molecule has 0 aromatic heterocycles. The summed E-state index contributed by atoms with van der Waals surface area (Å²) in [5.41, 5.74) is 0.599. The first-order valence-electron chi connectivity index (χ1n) is 7.59. The van der Waals surface area contributed by atoms with Crippen LogP contribution in [0, 0.1) is 0 Å². The first-order valence-corrected chi connectivity index (χ1v) is 7.59. The zero-order valence-electron chi connectivity index (χ0n) is 12.4. The molecule has 3 heteroatoms. The van der Waals surface area contributed by atoms with E-state index >= 15 is 0 Å². The normalized spacial score (nSPS) is 10.2. The maximum absolute atomic E-state index is 11.8. The second kappa shape index (κ2) is 10.2. The Morgan fingerprint density at radius 3 is 2.30 bits per heavy atom. The summed E-state index contributed by atoms with van der Waals surface area (Å²) in [5.74, 6) is -0.293. The van der Waals surface area contributed by atoms with E-state index in [-0.39, 0.29) is 18.1 Å². The Kier molecular flexibility index (Phi) is 8.36. The van der Waals surface area contributed by atoms with Gasteiger partial charge in [0, 0.05) is 12.1 Å². The predicted molar refractivity (Wildman–Crippen MR) is 81.8 cm³/mol. The molecule has 0 aliphatic heterocycles. The molecule has 0 saturated heterocycles. The van der Waals surface area contributed by atoms with Crippen LogP contribution in [-0.2, 0) is 4.79 Å². The summed E-state index contributed by atoms with van der Waals surface area (Å²) in [6, 6.07) is 8.95. The van der Waals surface area contributed by atoms with Crippen molar-refractivity contribution in [3.8, 4) is 0 Å². The van der Waals surface area contributed by atoms with Crippen molar-refractivity contribution in [3.05, 3.63) is 35.9 Å². The molecular formula is C17H25NO2. The van der Waals surface area contributed by atoms with Crippen molar-refractivity contribution in [2.45, 2.75) is 51.9 Å². The Morgan fingerprint density at radius 2 is 1.60 bits per heavy atom. The minimum absolute atomic E-state index is 0.0557. The van der Waals surface area contributed by atoms with E-state index in [1.54, 1.807) is 24.3 Å². The fraction of sp³-hybridized carbons (Fsp3) is 0.529. The van der Waals surface area contributed by atoms with Crippen LogP contribution in [0.3, 0.4) is 0 Å². The Hall–Kier alpha value is -1.64. The van der Waals surface area contributed by atoms with Gasteiger partial charge in [-0.15, -0.1) is 0 Å². The number of rotatable bonds is 10. The van der Waals surface area contributed by atoms with Crippen molar-refractivity contribution in [1.29, 1.82) is 0 Å². The van der Waals surface area contributed by atoms with Crippen molar-refractivity contribution in [3.63, 3.8) is 0 Å². The van der Waals surface area contributed by atoms with Crippen LogP contribution in [0.25, 0.3) is 0 Å². The Labute approximate surface area is 121 Å². The lowest BCUT2D eigenvalue weighted by atomic mass is 10.1. The average Bonchev–Trinajstić information content (AvgIpc) is 2.47. The monoisotopic (exact) mass is 275 g/mol. The Balaban J connectivity index is 2.10. The maximum atomic E-state index is 11.8. The standard InChI is InChI=1S/C17H25NO2/c1-2-3-4-5-6-10-13-18-17(20)14-16(19)15-11-8-7-9-12-15/h7-9,11-12H,2-6,10,13-14H2,1H3,(H,18,20). The molecule has 0 aliphatic rings. The highest BCUT2D eigenvalue weighted by Gasteiger charge is 2.10. The van der Waals surface area contributed by atoms with Gasteiger partial charge < -0.3 is 5.32 Å². The average molecular weight is 275 g/mol. The van der Waals surface area contributed by atoms with Gasteiger partial charge in [0.25, 0.3) is 0 Å². The summed E-state index contributed by atoms with van der Waals surface area (Å²) in [6.45, 7) is 2.87. The molecule has 1 rings (SSSR count). The smallest absolute Gasteiger partial charge is 0.227 e. The second-order valence-corrected chi connectivity index (χ2v) is 5.08. The summed E-state index contributed by atoms with van der Waals surface area (Å²) in [5, 5.41) is 2.81. The molecule has 0 unspecified atom stereocenters. The highest BCUT2D eigenvalue weighted by atomic mass is 16.2. The van der Waals surface area contributed by atoms with Crippen LogP contribution in [0.4, 0.5) is 0 Å². The lowest BCUT2D eigenvalue weighted by Gasteiger charge is -2.05. The third kappa shape index (κ3) is 7.07. The quantitative estimate of drug-likeness (QED) is 0.402. The van der Waals surface area contributed by atoms with Gasteiger partial charge in [-0.1, -0.05) is 69.4 Å². The van der Waals surface area contributed by atoms with E-state index in [1.807, 2.05) is 6.07 Å². The highest BCUT2D eigenvalue weighted by Crippen LogP contribution is 2.05. The SMILES string of the molecule is CCCCCCCCNC(=O)CC(=O)c1ccccc1. The molecule has 110 valence electrons. The zero-order chi connectivity index (χ0) is 14.6. The van der Waals surface area contributed by atoms with Crippen LogP contribution in [-0.4, -0.2) is 18.2 Å². The molecule has 0 saturated carbocycles. The molecule has 0 fully saturated rings. The Morgan fingerprint density at radius 1 is 0.950 bits per heavy atom. The molecule has 1 aromatic rings. The van der Waals surface area contributed by atoms with E-state index in [2.05, 4.69) is 12.2 Å². The van der Waals surface area contributed by atoms with Crippen LogP contribution in [0.15, 0.2) is 30.3 Å². The van der Waals surface area contributed by atoms with Gasteiger partial charge in [-0.2, -0.15) is 0 Å². The number of unbranched alkanes of at least 4 members (excludes halogenated alkanes) is 5. The van der Waals surface area contributed by atoms with Crippen LogP contribution in [0.5, 0.6) is 0 Å². The van der Waals surface area contributed by atoms with Gasteiger partial charge in [0.1, 0.15) is 0 Å². The van der Waals surface area contributed by atoms with Gasteiger partial charge in [-0.05, 0) is 6.42 Å². The van der Waals surface area contributed by atoms with Gasteiger partial charge in [-0.25, -0.2) is 0 Å². The Bertz CT molecular complexity index is 401. The van der Waals surface area contributed by atoms with Gasteiger partial charge in [-0.3, -0.25) is 9.59 Å². The van der Waals surface area contributed by atoms with Crippen LogP contribution >= 0.6 is 0 Å². The number of Topliss-reactive ketones (excluding diaryl/α,β-unsaturated/α-hetero) is 1. The molecule has 0 heterocycles. The number of carbonyl (C=O) groups excluding carboxylic acids is 2. The fourth-order valence-electron chi connectivity index (χ4n) is 2.07. The summed E-state index contributed by atoms with van der Waals surface area (Å²) in [6.07, 6.45) is 7.13. The fourth-order valence-corrected chi connectivity index (χ4v) is 2.07. The molecular weight excluding hydrogens is 250 g/mol. The predicted octanol–water partition coefficient (Wildman–Crippen LogP) is 3.74. The lowest BCUT2D eigenvalue weighted by molar-refractivity contribution is -0.120. The molecule has 0 bridgehead atoms. The molecule has 0 aliphatic carbocycles. The van der Waals surface area contributed by atoms with Crippen LogP contribution in [0.2, 0.25) is 0 Å². The zero-order valence-corrected chi connectivity index (χ0v) is 12.4. The summed E-state index contributed by atoms with van der Waals surface area (Å²) >= 11 is 0. The molecule has 3 nitrogen and oxygen atoms in total. The third-order valence-electron chi connectivity index (χ3n) is 3.27. The van der Waals surface area contributed by atoms with E-state index < -0.39 is 0 Å². The minimum Gasteiger partial charge on any atom is -0.356 e. The van der Waals surface area contributed by atoms with Gasteiger partial charge in [0.2, 0.25) is 5.91 Å². The second-order valence-electron chi connectivity index (χ2n) is 5.08. The molecule has 0 spiro atoms. The minimum atomic E-state index is -0.174. The summed E-state index contributed by atoms with van der Waals surface area (Å²) < 4.78 is 0. The van der Waals surface area contributed by atoms with E-state index in [9.17, 15) is 9.59 Å². The van der Waals surface area contributed by atoms with Crippen molar-refractivity contribution >= 4 is 11.7 Å². The van der Waals surface area contributed by atoms with Crippen molar-refractivity contribution in [1.82, 2.24) is 5.32 Å². The molecule has 20 heavy (non-hydrogen) atoms. The van der Waals surface area contributed by atoms with Crippen LogP contribution in [0.1, 0.15) is 62.2 Å². The molecule has 0 atom stereocenters. The number of nitrogens with one attached hydrogen (secondary N) is 1. The molecule has 0 radical (unpaired) electrons. The van der Waals surface area contributed by atoms with Gasteiger partial charge >= 0.3 is 0 Å². The number of benzene rings is 1.